The second kappa shape index (κ2) is 11.3. The summed E-state index contributed by atoms with van der Waals surface area (Å²) in [6.07, 6.45) is 0.917. The third kappa shape index (κ3) is 7.04. The molecule has 8 heteroatoms. The van der Waals surface area contributed by atoms with Gasteiger partial charge in [0.1, 0.15) is 23.5 Å². The number of hydrogen-bond donors (Lipinski definition) is 2. The van der Waals surface area contributed by atoms with Gasteiger partial charge in [-0.1, -0.05) is 43.3 Å². The molecule has 1 aliphatic rings. The first-order chi connectivity index (χ1) is 16.6. The number of ether oxygens (including phenoxy) is 1. The van der Waals surface area contributed by atoms with E-state index in [1.807, 2.05) is 31.2 Å². The molecule has 0 spiro atoms. The molecule has 3 amide bonds. The summed E-state index contributed by atoms with van der Waals surface area (Å²) in [6, 6.07) is 11.9. The van der Waals surface area contributed by atoms with Gasteiger partial charge in [0.25, 0.3) is 0 Å². The SMILES string of the molecule is CCCN1C(=O)C(NC(=O)C(Cc2ccccc2F)NC(=O)OC(C)(C)C)CCc2ccccc21. The second-order valence-corrected chi connectivity index (χ2v) is 9.71. The normalized spacial score (nSPS) is 16.7. The molecule has 0 aromatic heterocycles. The molecule has 2 aromatic carbocycles. The van der Waals surface area contributed by atoms with Crippen molar-refractivity contribution in [3.8, 4) is 0 Å². The fraction of sp³-hybridized carbons (Fsp3) is 0.444. The highest BCUT2D eigenvalue weighted by atomic mass is 19.1. The smallest absolute Gasteiger partial charge is 0.408 e. The minimum Gasteiger partial charge on any atom is -0.444 e. The molecule has 1 heterocycles. The van der Waals surface area contributed by atoms with Gasteiger partial charge in [-0.2, -0.15) is 0 Å². The van der Waals surface area contributed by atoms with Crippen LogP contribution in [0.4, 0.5) is 14.9 Å². The maximum atomic E-state index is 14.3. The molecule has 0 saturated carbocycles. The van der Waals surface area contributed by atoms with Crippen LogP contribution in [0.25, 0.3) is 0 Å². The summed E-state index contributed by atoms with van der Waals surface area (Å²) in [5.74, 6) is -1.25. The minimum absolute atomic E-state index is 0.0858. The van der Waals surface area contributed by atoms with Crippen LogP contribution in [0.1, 0.15) is 51.7 Å². The highest BCUT2D eigenvalue weighted by Gasteiger charge is 2.33. The Morgan fingerprint density at radius 3 is 2.51 bits per heavy atom. The highest BCUT2D eigenvalue weighted by molar-refractivity contribution is 6.01. The van der Waals surface area contributed by atoms with Crippen LogP contribution >= 0.6 is 0 Å². The molecular formula is C27H34FN3O4. The van der Waals surface area contributed by atoms with Crippen molar-refractivity contribution in [1.29, 1.82) is 0 Å². The molecule has 2 N–H and O–H groups in total. The summed E-state index contributed by atoms with van der Waals surface area (Å²) < 4.78 is 19.7. The van der Waals surface area contributed by atoms with Gasteiger partial charge in [0.05, 0.1) is 0 Å². The number of hydrogen-bond acceptors (Lipinski definition) is 4. The van der Waals surface area contributed by atoms with Gasteiger partial charge < -0.3 is 20.3 Å². The van der Waals surface area contributed by atoms with Crippen LogP contribution in [-0.2, 0) is 27.2 Å². The maximum Gasteiger partial charge on any atom is 0.408 e. The van der Waals surface area contributed by atoms with Crippen LogP contribution in [-0.4, -0.2) is 42.1 Å². The maximum absolute atomic E-state index is 14.3. The van der Waals surface area contributed by atoms with Gasteiger partial charge in [-0.3, -0.25) is 9.59 Å². The van der Waals surface area contributed by atoms with Gasteiger partial charge in [-0.15, -0.1) is 0 Å². The Kier molecular flexibility index (Phi) is 8.48. The summed E-state index contributed by atoms with van der Waals surface area (Å²) in [5, 5.41) is 5.37. The molecule has 7 nitrogen and oxygen atoms in total. The number of benzene rings is 2. The number of amides is 3. The molecule has 0 bridgehead atoms. The monoisotopic (exact) mass is 483 g/mol. The number of nitrogens with one attached hydrogen (secondary N) is 2. The Morgan fingerprint density at radius 1 is 1.14 bits per heavy atom. The number of para-hydroxylation sites is 1. The second-order valence-electron chi connectivity index (χ2n) is 9.71. The lowest BCUT2D eigenvalue weighted by molar-refractivity contribution is -0.128. The third-order valence-corrected chi connectivity index (χ3v) is 5.70. The number of carbonyl (C=O) groups excluding carboxylic acids is 3. The Bertz CT molecular complexity index is 1070. The van der Waals surface area contributed by atoms with Gasteiger partial charge in [0, 0.05) is 18.7 Å². The lowest BCUT2D eigenvalue weighted by atomic mass is 10.0. The van der Waals surface area contributed by atoms with Gasteiger partial charge in [0.2, 0.25) is 11.8 Å². The zero-order valence-electron chi connectivity index (χ0n) is 20.8. The van der Waals surface area contributed by atoms with Crippen molar-refractivity contribution >= 4 is 23.6 Å². The van der Waals surface area contributed by atoms with Crippen molar-refractivity contribution in [2.75, 3.05) is 11.4 Å². The summed E-state index contributed by atoms with van der Waals surface area (Å²) in [7, 11) is 0. The zero-order chi connectivity index (χ0) is 25.6. The number of anilines is 1. The van der Waals surface area contributed by atoms with E-state index in [2.05, 4.69) is 10.6 Å². The van der Waals surface area contributed by atoms with Crippen molar-refractivity contribution in [3.05, 3.63) is 65.5 Å². The van der Waals surface area contributed by atoms with E-state index in [9.17, 15) is 18.8 Å². The van der Waals surface area contributed by atoms with Crippen molar-refractivity contribution in [1.82, 2.24) is 10.6 Å². The topological polar surface area (TPSA) is 87.7 Å². The van der Waals surface area contributed by atoms with E-state index in [1.165, 1.54) is 6.07 Å². The predicted octanol–water partition coefficient (Wildman–Crippen LogP) is 4.14. The average Bonchev–Trinajstić information content (AvgIpc) is 2.91. The van der Waals surface area contributed by atoms with Gasteiger partial charge >= 0.3 is 6.09 Å². The first-order valence-electron chi connectivity index (χ1n) is 12.0. The molecular weight excluding hydrogens is 449 g/mol. The molecule has 2 aromatic rings. The van der Waals surface area contributed by atoms with Gasteiger partial charge in [0.15, 0.2) is 0 Å². The van der Waals surface area contributed by atoms with Gasteiger partial charge in [-0.25, -0.2) is 9.18 Å². The lowest BCUT2D eigenvalue weighted by Gasteiger charge is -2.28. The number of rotatable bonds is 7. The molecule has 1 aliphatic heterocycles. The van der Waals surface area contributed by atoms with Crippen LogP contribution in [0.15, 0.2) is 48.5 Å². The molecule has 0 fully saturated rings. The average molecular weight is 484 g/mol. The van der Waals surface area contributed by atoms with Crippen LogP contribution in [0.3, 0.4) is 0 Å². The Balaban J connectivity index is 1.81. The summed E-state index contributed by atoms with van der Waals surface area (Å²) >= 11 is 0. The van der Waals surface area contributed by atoms with E-state index < -0.39 is 35.5 Å². The minimum atomic E-state index is -1.13. The molecule has 2 unspecified atom stereocenters. The van der Waals surface area contributed by atoms with E-state index >= 15 is 0 Å². The number of aryl methyl sites for hydroxylation is 1. The van der Waals surface area contributed by atoms with Crippen LogP contribution in [0, 0.1) is 5.82 Å². The quantitative estimate of drug-likeness (QED) is 0.620. The number of alkyl carbamates (subject to hydrolysis) is 1. The largest absolute Gasteiger partial charge is 0.444 e. The first kappa shape index (κ1) is 26.2. The Labute approximate surface area is 206 Å². The van der Waals surface area contributed by atoms with Crippen molar-refractivity contribution in [3.63, 3.8) is 0 Å². The Morgan fingerprint density at radius 2 is 1.83 bits per heavy atom. The highest BCUT2D eigenvalue weighted by Crippen LogP contribution is 2.27. The first-order valence-corrected chi connectivity index (χ1v) is 12.0. The summed E-state index contributed by atoms with van der Waals surface area (Å²) in [4.78, 5) is 40.9. The molecule has 0 saturated heterocycles. The van der Waals surface area contributed by atoms with Crippen molar-refractivity contribution in [2.24, 2.45) is 0 Å². The number of nitrogens with zero attached hydrogens (tertiary/aromatic N) is 1. The van der Waals surface area contributed by atoms with E-state index in [1.54, 1.807) is 43.9 Å². The van der Waals surface area contributed by atoms with E-state index in [-0.39, 0.29) is 17.9 Å². The third-order valence-electron chi connectivity index (χ3n) is 5.70. The fourth-order valence-electron chi connectivity index (χ4n) is 4.12. The fourth-order valence-corrected chi connectivity index (χ4v) is 4.12. The predicted molar refractivity (Wildman–Crippen MR) is 133 cm³/mol. The van der Waals surface area contributed by atoms with Crippen LogP contribution in [0.5, 0.6) is 0 Å². The van der Waals surface area contributed by atoms with E-state index in [4.69, 9.17) is 4.74 Å². The molecule has 188 valence electrons. The number of carbonyl (C=O) groups is 3. The molecule has 0 radical (unpaired) electrons. The molecule has 2 atom stereocenters. The van der Waals surface area contributed by atoms with Crippen molar-refractivity contribution in [2.45, 2.75) is 71.1 Å². The Hall–Kier alpha value is -3.42. The molecule has 35 heavy (non-hydrogen) atoms. The number of halogens is 1. The molecule has 3 rings (SSSR count). The standard InChI is InChI=1S/C27H34FN3O4/c1-5-16-31-23-13-9-7-10-18(23)14-15-21(25(31)33)29-24(32)22(30-26(34)35-27(2,3)4)17-19-11-6-8-12-20(19)28/h6-13,21-22H,5,14-17H2,1-4H3,(H,29,32)(H,30,34). The summed E-state index contributed by atoms with van der Waals surface area (Å²) in [6.45, 7) is 7.65. The van der Waals surface area contributed by atoms with Crippen molar-refractivity contribution < 1.29 is 23.5 Å². The van der Waals surface area contributed by atoms with Gasteiger partial charge in [-0.05, 0) is 63.3 Å². The van der Waals surface area contributed by atoms with Crippen LogP contribution < -0.4 is 15.5 Å². The van der Waals surface area contributed by atoms with Crippen LogP contribution in [0.2, 0.25) is 0 Å². The zero-order valence-corrected chi connectivity index (χ0v) is 20.8. The summed E-state index contributed by atoms with van der Waals surface area (Å²) in [5.41, 5.74) is 1.40. The van der Waals surface area contributed by atoms with E-state index in [0.717, 1.165) is 17.7 Å². The number of fused-ring (bicyclic) bond motifs is 1. The lowest BCUT2D eigenvalue weighted by Crippen LogP contribution is -2.55. The molecule has 0 aliphatic carbocycles. The van der Waals surface area contributed by atoms with E-state index in [0.29, 0.717) is 19.4 Å².